The minimum atomic E-state index is -0.266. The molecule has 1 atom stereocenters. The predicted octanol–water partition coefficient (Wildman–Crippen LogP) is -1.04. The van der Waals surface area contributed by atoms with Gasteiger partial charge in [0.1, 0.15) is 0 Å². The highest BCUT2D eigenvalue weighted by molar-refractivity contribution is 5.81. The van der Waals surface area contributed by atoms with Crippen LogP contribution in [0.2, 0.25) is 0 Å². The summed E-state index contributed by atoms with van der Waals surface area (Å²) >= 11 is 0. The van der Waals surface area contributed by atoms with Gasteiger partial charge in [0.25, 0.3) is 0 Å². The number of nitrogens with zero attached hydrogens (tertiary/aromatic N) is 1. The largest absolute Gasteiger partial charge is 0.378 e. The van der Waals surface area contributed by atoms with Crippen molar-refractivity contribution < 1.29 is 14.3 Å². The Morgan fingerprint density at radius 2 is 2.00 bits per heavy atom. The summed E-state index contributed by atoms with van der Waals surface area (Å²) in [5.41, 5.74) is 0. The molecular weight excluding hydrogens is 222 g/mol. The zero-order chi connectivity index (χ0) is 12.7. The molecule has 0 aliphatic carbocycles. The second kappa shape index (κ2) is 7.24. The maximum atomic E-state index is 11.7. The zero-order valence-corrected chi connectivity index (χ0v) is 10.5. The Labute approximate surface area is 102 Å². The Morgan fingerprint density at radius 1 is 1.35 bits per heavy atom. The van der Waals surface area contributed by atoms with E-state index in [2.05, 4.69) is 10.6 Å². The summed E-state index contributed by atoms with van der Waals surface area (Å²) in [5, 5.41) is 5.57. The number of hydrogen-bond acceptors (Lipinski definition) is 4. The van der Waals surface area contributed by atoms with Gasteiger partial charge in [0.05, 0.1) is 19.3 Å². The van der Waals surface area contributed by atoms with Crippen LogP contribution in [0.1, 0.15) is 13.3 Å². The molecule has 0 aromatic rings. The summed E-state index contributed by atoms with van der Waals surface area (Å²) in [4.78, 5) is 24.8. The van der Waals surface area contributed by atoms with Crippen LogP contribution in [0, 0.1) is 0 Å². The molecule has 6 nitrogen and oxygen atoms in total. The predicted molar refractivity (Wildman–Crippen MR) is 63.5 cm³/mol. The monoisotopic (exact) mass is 243 g/mol. The first-order chi connectivity index (χ1) is 8.15. The second-order valence-electron chi connectivity index (χ2n) is 4.03. The summed E-state index contributed by atoms with van der Waals surface area (Å²) in [7, 11) is 1.60. The summed E-state index contributed by atoms with van der Waals surface area (Å²) in [6, 6.07) is -0.266. The molecule has 2 amide bonds. The first kappa shape index (κ1) is 13.9. The molecule has 1 aliphatic rings. The maximum Gasteiger partial charge on any atom is 0.236 e. The van der Waals surface area contributed by atoms with E-state index in [0.717, 1.165) is 0 Å². The Morgan fingerprint density at radius 3 is 2.59 bits per heavy atom. The van der Waals surface area contributed by atoms with E-state index in [9.17, 15) is 9.59 Å². The third-order valence-corrected chi connectivity index (χ3v) is 2.79. The summed E-state index contributed by atoms with van der Waals surface area (Å²) in [6.07, 6.45) is 0.418. The molecule has 0 aromatic heterocycles. The van der Waals surface area contributed by atoms with Gasteiger partial charge in [0.2, 0.25) is 11.8 Å². The smallest absolute Gasteiger partial charge is 0.236 e. The summed E-state index contributed by atoms with van der Waals surface area (Å²) in [5.74, 6) is 0.0497. The number of carbonyl (C=O) groups is 2. The molecule has 0 bridgehead atoms. The van der Waals surface area contributed by atoms with Crippen molar-refractivity contribution >= 4 is 11.8 Å². The molecule has 17 heavy (non-hydrogen) atoms. The molecule has 1 fully saturated rings. The second-order valence-corrected chi connectivity index (χ2v) is 4.03. The van der Waals surface area contributed by atoms with Crippen LogP contribution in [0.25, 0.3) is 0 Å². The van der Waals surface area contributed by atoms with E-state index in [1.165, 1.54) is 0 Å². The number of carbonyl (C=O) groups excluding carboxylic acids is 2. The van der Waals surface area contributed by atoms with E-state index in [1.54, 1.807) is 18.9 Å². The van der Waals surface area contributed by atoms with E-state index in [1.807, 2.05) is 0 Å². The molecule has 0 radical (unpaired) electrons. The van der Waals surface area contributed by atoms with Crippen molar-refractivity contribution in [1.29, 1.82) is 0 Å². The molecule has 1 rings (SSSR count). The van der Waals surface area contributed by atoms with Crippen LogP contribution < -0.4 is 10.6 Å². The van der Waals surface area contributed by atoms with E-state index in [-0.39, 0.29) is 17.9 Å². The van der Waals surface area contributed by atoms with Gasteiger partial charge in [-0.05, 0) is 6.92 Å². The van der Waals surface area contributed by atoms with Crippen LogP contribution in [0.15, 0.2) is 0 Å². The van der Waals surface area contributed by atoms with Crippen molar-refractivity contribution in [3.63, 3.8) is 0 Å². The Bertz CT molecular complexity index is 265. The van der Waals surface area contributed by atoms with Crippen LogP contribution in [0.4, 0.5) is 0 Å². The number of nitrogens with one attached hydrogen (secondary N) is 2. The Kier molecular flexibility index (Phi) is 5.93. The molecular formula is C11H21N3O3. The van der Waals surface area contributed by atoms with Gasteiger partial charge < -0.3 is 20.3 Å². The molecule has 0 spiro atoms. The first-order valence-electron chi connectivity index (χ1n) is 5.95. The van der Waals surface area contributed by atoms with Crippen LogP contribution in [0.5, 0.6) is 0 Å². The lowest BCUT2D eigenvalue weighted by atomic mass is 10.2. The Balaban J connectivity index is 2.17. The zero-order valence-electron chi connectivity index (χ0n) is 10.5. The van der Waals surface area contributed by atoms with Crippen molar-refractivity contribution in [2.75, 3.05) is 39.9 Å². The average molecular weight is 243 g/mol. The van der Waals surface area contributed by atoms with Gasteiger partial charge in [-0.2, -0.15) is 0 Å². The number of hydrogen-bond donors (Lipinski definition) is 2. The SMILES string of the molecule is CNC(=O)C(C)NCCC(=O)N1CCOCC1. The van der Waals surface area contributed by atoms with Crippen LogP contribution in [-0.2, 0) is 14.3 Å². The normalized spacial score (nSPS) is 17.6. The van der Waals surface area contributed by atoms with Gasteiger partial charge in [-0.1, -0.05) is 0 Å². The molecule has 1 aliphatic heterocycles. The highest BCUT2D eigenvalue weighted by Crippen LogP contribution is 1.99. The summed E-state index contributed by atoms with van der Waals surface area (Å²) in [6.45, 7) is 4.87. The Hall–Kier alpha value is -1.14. The molecule has 6 heteroatoms. The lowest BCUT2D eigenvalue weighted by molar-refractivity contribution is -0.135. The molecule has 1 unspecified atom stereocenters. The molecule has 1 heterocycles. The van der Waals surface area contributed by atoms with Gasteiger partial charge in [-0.3, -0.25) is 9.59 Å². The van der Waals surface area contributed by atoms with Gasteiger partial charge in [0, 0.05) is 33.1 Å². The van der Waals surface area contributed by atoms with Gasteiger partial charge in [-0.25, -0.2) is 0 Å². The molecule has 0 aromatic carbocycles. The lowest BCUT2D eigenvalue weighted by Gasteiger charge is -2.27. The topological polar surface area (TPSA) is 70.7 Å². The highest BCUT2D eigenvalue weighted by atomic mass is 16.5. The average Bonchev–Trinajstić information content (AvgIpc) is 2.38. The van der Waals surface area contributed by atoms with Crippen LogP contribution >= 0.6 is 0 Å². The third kappa shape index (κ3) is 4.70. The van der Waals surface area contributed by atoms with E-state index in [4.69, 9.17) is 4.74 Å². The maximum absolute atomic E-state index is 11.7. The van der Waals surface area contributed by atoms with Gasteiger partial charge in [0.15, 0.2) is 0 Å². The van der Waals surface area contributed by atoms with E-state index < -0.39 is 0 Å². The fraction of sp³-hybridized carbons (Fsp3) is 0.818. The fourth-order valence-corrected chi connectivity index (χ4v) is 1.68. The van der Waals surface area contributed by atoms with Crippen molar-refractivity contribution in [2.24, 2.45) is 0 Å². The van der Waals surface area contributed by atoms with Gasteiger partial charge in [-0.15, -0.1) is 0 Å². The minimum absolute atomic E-state index is 0.0659. The number of ether oxygens (including phenoxy) is 1. The molecule has 2 N–H and O–H groups in total. The standard InChI is InChI=1S/C11H21N3O3/c1-9(11(16)12-2)13-4-3-10(15)14-5-7-17-8-6-14/h9,13H,3-8H2,1-2H3,(H,12,16). The first-order valence-corrected chi connectivity index (χ1v) is 5.95. The molecule has 0 saturated carbocycles. The van der Waals surface area contributed by atoms with E-state index >= 15 is 0 Å². The highest BCUT2D eigenvalue weighted by Gasteiger charge is 2.17. The number of rotatable bonds is 5. The fourth-order valence-electron chi connectivity index (χ4n) is 1.68. The van der Waals surface area contributed by atoms with Crippen molar-refractivity contribution in [3.8, 4) is 0 Å². The molecule has 1 saturated heterocycles. The molecule has 98 valence electrons. The van der Waals surface area contributed by atoms with Crippen LogP contribution in [0.3, 0.4) is 0 Å². The van der Waals surface area contributed by atoms with E-state index in [0.29, 0.717) is 39.3 Å². The van der Waals surface area contributed by atoms with Crippen molar-refractivity contribution in [2.45, 2.75) is 19.4 Å². The number of amides is 2. The minimum Gasteiger partial charge on any atom is -0.378 e. The number of morpholine rings is 1. The quantitative estimate of drug-likeness (QED) is 0.647. The van der Waals surface area contributed by atoms with Gasteiger partial charge >= 0.3 is 0 Å². The summed E-state index contributed by atoms with van der Waals surface area (Å²) < 4.78 is 5.18. The number of likely N-dealkylation sites (N-methyl/N-ethyl adjacent to an activating group) is 1. The van der Waals surface area contributed by atoms with Crippen molar-refractivity contribution in [3.05, 3.63) is 0 Å². The third-order valence-electron chi connectivity index (χ3n) is 2.79. The lowest BCUT2D eigenvalue weighted by Crippen LogP contribution is -2.44. The van der Waals surface area contributed by atoms with Crippen LogP contribution in [-0.4, -0.2) is 62.7 Å². The van der Waals surface area contributed by atoms with Crippen molar-refractivity contribution in [1.82, 2.24) is 15.5 Å².